The van der Waals surface area contributed by atoms with Crippen molar-refractivity contribution in [3.05, 3.63) is 79.4 Å². The minimum absolute atomic E-state index is 1.02. The van der Waals surface area contributed by atoms with Crippen LogP contribution in [0.5, 0.6) is 0 Å². The fourth-order valence-electron chi connectivity index (χ4n) is 0.743. The lowest BCUT2D eigenvalue weighted by Crippen LogP contribution is -1.65. The van der Waals surface area contributed by atoms with Gasteiger partial charge in [0, 0.05) is 0 Å². The van der Waals surface area contributed by atoms with E-state index >= 15 is 0 Å². The molecule has 0 unspecified atom stereocenters. The van der Waals surface area contributed by atoms with Gasteiger partial charge >= 0.3 is 0 Å². The van der Waals surface area contributed by atoms with Gasteiger partial charge in [-0.3, -0.25) is 0 Å². The maximum absolute atomic E-state index is 3.59. The second-order valence-corrected chi connectivity index (χ2v) is 3.06. The second kappa shape index (κ2) is 8.76. The Bertz CT molecular complexity index is 328. The van der Waals surface area contributed by atoms with Gasteiger partial charge in [-0.05, 0) is 12.5 Å². The van der Waals surface area contributed by atoms with Gasteiger partial charge in [0.15, 0.2) is 0 Å². The largest absolute Gasteiger partial charge is 0.0991 e. The first-order chi connectivity index (χ1) is 7.20. The van der Waals surface area contributed by atoms with Crippen LogP contribution in [-0.4, -0.2) is 0 Å². The third-order valence-electron chi connectivity index (χ3n) is 1.57. The molecule has 0 aliphatic rings. The normalized spacial score (nSPS) is 8.87. The van der Waals surface area contributed by atoms with E-state index in [4.69, 9.17) is 0 Å². The highest BCUT2D eigenvalue weighted by Crippen LogP contribution is 1.99. The van der Waals surface area contributed by atoms with E-state index in [0.717, 1.165) is 5.57 Å². The predicted molar refractivity (Wildman–Crippen MR) is 70.7 cm³/mol. The van der Waals surface area contributed by atoms with Gasteiger partial charge in [0.25, 0.3) is 0 Å². The monoisotopic (exact) mass is 198 g/mol. The average molecular weight is 198 g/mol. The van der Waals surface area contributed by atoms with Crippen molar-refractivity contribution in [2.24, 2.45) is 0 Å². The summed E-state index contributed by atoms with van der Waals surface area (Å²) in [5, 5.41) is 0. The van der Waals surface area contributed by atoms with Gasteiger partial charge < -0.3 is 0 Å². The van der Waals surface area contributed by atoms with E-state index in [1.165, 1.54) is 5.56 Å². The van der Waals surface area contributed by atoms with Crippen LogP contribution in [-0.2, 0) is 0 Å². The molecule has 0 bridgehead atoms. The summed E-state index contributed by atoms with van der Waals surface area (Å²) in [7, 11) is 0. The molecule has 0 radical (unpaired) electrons. The van der Waals surface area contributed by atoms with Crippen LogP contribution in [0.3, 0.4) is 0 Å². The molecule has 0 saturated carbocycles. The molecular formula is C15H18. The Morgan fingerprint density at radius 3 is 2.07 bits per heavy atom. The summed E-state index contributed by atoms with van der Waals surface area (Å²) in [5.41, 5.74) is 2.23. The van der Waals surface area contributed by atoms with E-state index in [0.29, 0.717) is 0 Å². The Morgan fingerprint density at radius 1 is 1.13 bits per heavy atom. The number of allylic oxidation sites excluding steroid dienone is 4. The smallest absolute Gasteiger partial charge is 0.0257 e. The van der Waals surface area contributed by atoms with Gasteiger partial charge in [0.05, 0.1) is 0 Å². The van der Waals surface area contributed by atoms with Crippen LogP contribution in [0.15, 0.2) is 73.9 Å². The fourth-order valence-corrected chi connectivity index (χ4v) is 0.743. The first-order valence-corrected chi connectivity index (χ1v) is 4.82. The molecule has 0 heterocycles. The topological polar surface area (TPSA) is 0 Å². The van der Waals surface area contributed by atoms with Gasteiger partial charge in [0.1, 0.15) is 0 Å². The van der Waals surface area contributed by atoms with Gasteiger partial charge in [-0.15, -0.1) is 0 Å². The Kier molecular flexibility index (Phi) is 7.70. The highest BCUT2D eigenvalue weighted by Gasteiger charge is 1.78. The van der Waals surface area contributed by atoms with Crippen LogP contribution in [0.1, 0.15) is 12.5 Å². The molecule has 0 saturated heterocycles. The zero-order chi connectivity index (χ0) is 11.5. The molecule has 1 rings (SSSR count). The molecule has 1 aromatic rings. The van der Waals surface area contributed by atoms with Crippen molar-refractivity contribution in [1.29, 1.82) is 0 Å². The van der Waals surface area contributed by atoms with Gasteiger partial charge in [-0.1, -0.05) is 79.9 Å². The van der Waals surface area contributed by atoms with Crippen molar-refractivity contribution in [1.82, 2.24) is 0 Å². The summed E-state index contributed by atoms with van der Waals surface area (Å²) in [4.78, 5) is 0. The number of rotatable bonds is 3. The molecule has 0 aliphatic carbocycles. The molecule has 78 valence electrons. The molecular weight excluding hydrogens is 180 g/mol. The third-order valence-corrected chi connectivity index (χ3v) is 1.57. The molecule has 0 spiro atoms. The zero-order valence-corrected chi connectivity index (χ0v) is 9.32. The Morgan fingerprint density at radius 2 is 1.67 bits per heavy atom. The lowest BCUT2D eigenvalue weighted by Gasteiger charge is -1.87. The molecule has 15 heavy (non-hydrogen) atoms. The molecule has 0 nitrogen and oxygen atoms in total. The van der Waals surface area contributed by atoms with E-state index in [2.05, 4.69) is 31.9 Å². The van der Waals surface area contributed by atoms with E-state index in [-0.39, 0.29) is 0 Å². The lowest BCUT2D eigenvalue weighted by molar-refractivity contribution is 1.58. The van der Waals surface area contributed by atoms with Crippen LogP contribution in [0, 0.1) is 0 Å². The molecule has 0 aromatic heterocycles. The summed E-state index contributed by atoms with van der Waals surface area (Å²) in [6.45, 7) is 12.5. The van der Waals surface area contributed by atoms with Crippen LogP contribution in [0.2, 0.25) is 0 Å². The van der Waals surface area contributed by atoms with E-state index in [9.17, 15) is 0 Å². The predicted octanol–water partition coefficient (Wildman–Crippen LogP) is 4.63. The van der Waals surface area contributed by atoms with Crippen LogP contribution in [0.4, 0.5) is 0 Å². The molecule has 1 aromatic carbocycles. The SMILES string of the molecule is C=CC(=C)C.C=CC=Cc1ccccc1. The highest BCUT2D eigenvalue weighted by molar-refractivity contribution is 5.50. The van der Waals surface area contributed by atoms with Gasteiger partial charge in [-0.25, -0.2) is 0 Å². The summed E-state index contributed by atoms with van der Waals surface area (Å²) in [6, 6.07) is 10.1. The van der Waals surface area contributed by atoms with Crippen LogP contribution >= 0.6 is 0 Å². The molecule has 0 amide bonds. The average Bonchev–Trinajstić information content (AvgIpc) is 2.28. The minimum atomic E-state index is 1.02. The van der Waals surface area contributed by atoms with E-state index in [1.807, 2.05) is 37.3 Å². The number of hydrogen-bond acceptors (Lipinski definition) is 0. The quantitative estimate of drug-likeness (QED) is 0.621. The fraction of sp³-hybridized carbons (Fsp3) is 0.0667. The summed E-state index contributed by atoms with van der Waals surface area (Å²) in [6.07, 6.45) is 7.44. The number of benzene rings is 1. The van der Waals surface area contributed by atoms with Crippen LogP contribution < -0.4 is 0 Å². The van der Waals surface area contributed by atoms with Crippen molar-refractivity contribution in [3.63, 3.8) is 0 Å². The second-order valence-electron chi connectivity index (χ2n) is 3.06. The molecule has 0 fully saturated rings. The molecule has 0 N–H and O–H groups in total. The Hall–Kier alpha value is -1.82. The molecule has 0 heteroatoms. The van der Waals surface area contributed by atoms with E-state index in [1.54, 1.807) is 12.2 Å². The molecule has 0 aliphatic heterocycles. The Labute approximate surface area is 93.0 Å². The first-order valence-electron chi connectivity index (χ1n) is 4.82. The van der Waals surface area contributed by atoms with Crippen molar-refractivity contribution in [2.45, 2.75) is 6.92 Å². The third kappa shape index (κ3) is 8.51. The van der Waals surface area contributed by atoms with Gasteiger partial charge in [0.2, 0.25) is 0 Å². The standard InChI is InChI=1S/C10H10.C5H8/c1-2-3-7-10-8-5-4-6-9-10;1-4-5(2)3/h2-9H,1H2;4H,1-2H2,3H3. The zero-order valence-electron chi connectivity index (χ0n) is 9.32. The van der Waals surface area contributed by atoms with Gasteiger partial charge in [-0.2, -0.15) is 0 Å². The summed E-state index contributed by atoms with van der Waals surface area (Å²) < 4.78 is 0. The number of hydrogen-bond donors (Lipinski definition) is 0. The van der Waals surface area contributed by atoms with E-state index < -0.39 is 0 Å². The maximum atomic E-state index is 3.59. The highest BCUT2D eigenvalue weighted by atomic mass is 13.8. The maximum Gasteiger partial charge on any atom is -0.0257 e. The van der Waals surface area contributed by atoms with Crippen molar-refractivity contribution >= 4 is 6.08 Å². The summed E-state index contributed by atoms with van der Waals surface area (Å²) in [5.74, 6) is 0. The van der Waals surface area contributed by atoms with Crippen molar-refractivity contribution in [2.75, 3.05) is 0 Å². The minimum Gasteiger partial charge on any atom is -0.0991 e. The molecule has 0 atom stereocenters. The van der Waals surface area contributed by atoms with Crippen LogP contribution in [0.25, 0.3) is 6.08 Å². The van der Waals surface area contributed by atoms with Crippen molar-refractivity contribution < 1.29 is 0 Å². The van der Waals surface area contributed by atoms with Crippen molar-refractivity contribution in [3.8, 4) is 0 Å². The lowest BCUT2D eigenvalue weighted by atomic mass is 10.2. The Balaban J connectivity index is 0.000000336. The summed E-state index contributed by atoms with van der Waals surface area (Å²) >= 11 is 0. The first kappa shape index (κ1) is 13.2.